The van der Waals surface area contributed by atoms with E-state index in [9.17, 15) is 24.2 Å². The number of aliphatic hydroxyl groups is 2. The standard InChI is InChI=1S/C35H37FN2O5/c1-22(2)38-30(17-16-28(39)18-29(40)19-31(41)42)32(24-12-14-27(36)15-13-24)33(23-8-4-3-5-9-23)34(38)35(43)37-20-25-10-6-7-11-26(25)21-37/h3-15,22,28-29,39-40H,16-21H2,1-2H3,(H,41,42). The second-order valence-electron chi connectivity index (χ2n) is 11.5. The number of aliphatic hydroxyl groups excluding tert-OH is 2. The molecule has 224 valence electrons. The van der Waals surface area contributed by atoms with Gasteiger partial charge < -0.3 is 24.8 Å². The molecule has 5 rings (SSSR count). The van der Waals surface area contributed by atoms with Gasteiger partial charge in [0.15, 0.2) is 0 Å². The minimum atomic E-state index is -1.17. The molecule has 0 bridgehead atoms. The van der Waals surface area contributed by atoms with E-state index in [0.717, 1.165) is 39.1 Å². The molecule has 2 atom stereocenters. The molecule has 1 aliphatic rings. The summed E-state index contributed by atoms with van der Waals surface area (Å²) in [6.07, 6.45) is -2.08. The molecule has 1 amide bonds. The number of carboxylic acids is 1. The summed E-state index contributed by atoms with van der Waals surface area (Å²) in [4.78, 5) is 27.5. The van der Waals surface area contributed by atoms with Gasteiger partial charge in [-0.05, 0) is 67.5 Å². The highest BCUT2D eigenvalue weighted by Gasteiger charge is 2.34. The van der Waals surface area contributed by atoms with Gasteiger partial charge in [-0.1, -0.05) is 66.7 Å². The van der Waals surface area contributed by atoms with Gasteiger partial charge in [-0.25, -0.2) is 4.39 Å². The third kappa shape index (κ3) is 6.55. The second-order valence-corrected chi connectivity index (χ2v) is 11.5. The van der Waals surface area contributed by atoms with Gasteiger partial charge >= 0.3 is 5.97 Å². The third-order valence-electron chi connectivity index (χ3n) is 8.02. The first-order valence-corrected chi connectivity index (χ1v) is 14.7. The van der Waals surface area contributed by atoms with Crippen molar-refractivity contribution in [2.75, 3.05) is 0 Å². The molecule has 0 fully saturated rings. The van der Waals surface area contributed by atoms with E-state index >= 15 is 0 Å². The van der Waals surface area contributed by atoms with Gasteiger partial charge in [0.05, 0.1) is 18.6 Å². The Kier molecular flexibility index (Phi) is 9.08. The van der Waals surface area contributed by atoms with Gasteiger partial charge in [0.25, 0.3) is 5.91 Å². The Bertz CT molecular complexity index is 1570. The van der Waals surface area contributed by atoms with E-state index < -0.39 is 24.6 Å². The summed E-state index contributed by atoms with van der Waals surface area (Å²) >= 11 is 0. The van der Waals surface area contributed by atoms with Crippen LogP contribution in [-0.2, 0) is 24.3 Å². The van der Waals surface area contributed by atoms with E-state index in [1.165, 1.54) is 12.1 Å². The number of nitrogens with zero attached hydrogens (tertiary/aromatic N) is 2. The smallest absolute Gasteiger partial charge is 0.305 e. The van der Waals surface area contributed by atoms with Crippen molar-refractivity contribution < 1.29 is 29.3 Å². The van der Waals surface area contributed by atoms with Crippen LogP contribution >= 0.6 is 0 Å². The molecular weight excluding hydrogens is 547 g/mol. The van der Waals surface area contributed by atoms with Crippen molar-refractivity contribution in [1.29, 1.82) is 0 Å². The molecule has 0 saturated heterocycles. The molecule has 0 saturated carbocycles. The van der Waals surface area contributed by atoms with Crippen LogP contribution in [0, 0.1) is 5.82 Å². The molecule has 2 heterocycles. The first-order chi connectivity index (χ1) is 20.6. The van der Waals surface area contributed by atoms with Crippen LogP contribution in [0.25, 0.3) is 22.3 Å². The summed E-state index contributed by atoms with van der Waals surface area (Å²) in [5.74, 6) is -1.62. The molecule has 2 unspecified atom stereocenters. The number of fused-ring (bicyclic) bond motifs is 1. The van der Waals surface area contributed by atoms with Crippen LogP contribution in [0.2, 0.25) is 0 Å². The zero-order valence-electron chi connectivity index (χ0n) is 24.4. The molecule has 0 aliphatic carbocycles. The molecule has 7 nitrogen and oxygen atoms in total. The van der Waals surface area contributed by atoms with Crippen molar-refractivity contribution in [3.8, 4) is 22.3 Å². The van der Waals surface area contributed by atoms with Crippen LogP contribution in [-0.4, -0.2) is 48.9 Å². The molecule has 1 aromatic heterocycles. The minimum absolute atomic E-state index is 0.0794. The number of carbonyl (C=O) groups excluding carboxylic acids is 1. The van der Waals surface area contributed by atoms with E-state index in [1.54, 1.807) is 12.1 Å². The van der Waals surface area contributed by atoms with Crippen LogP contribution in [0.5, 0.6) is 0 Å². The zero-order valence-corrected chi connectivity index (χ0v) is 24.4. The number of hydrogen-bond acceptors (Lipinski definition) is 4. The van der Waals surface area contributed by atoms with E-state index in [4.69, 9.17) is 5.11 Å². The fourth-order valence-corrected chi connectivity index (χ4v) is 6.12. The Morgan fingerprint density at radius 3 is 1.98 bits per heavy atom. The lowest BCUT2D eigenvalue weighted by atomic mass is 9.92. The number of carboxylic acid groups (broad SMARTS) is 1. The van der Waals surface area contributed by atoms with Crippen molar-refractivity contribution in [1.82, 2.24) is 9.47 Å². The van der Waals surface area contributed by atoms with Crippen LogP contribution in [0.15, 0.2) is 78.9 Å². The number of amides is 1. The maximum atomic E-state index is 14.6. The average Bonchev–Trinajstić information content (AvgIpc) is 3.56. The lowest BCUT2D eigenvalue weighted by molar-refractivity contribution is -0.139. The summed E-state index contributed by atoms with van der Waals surface area (Å²) in [6.45, 7) is 5.01. The third-order valence-corrected chi connectivity index (χ3v) is 8.02. The zero-order chi connectivity index (χ0) is 30.7. The number of halogens is 1. The van der Waals surface area contributed by atoms with Crippen LogP contribution in [0.4, 0.5) is 4.39 Å². The predicted molar refractivity (Wildman–Crippen MR) is 163 cm³/mol. The van der Waals surface area contributed by atoms with Crippen molar-refractivity contribution in [3.05, 3.63) is 107 Å². The van der Waals surface area contributed by atoms with Crippen LogP contribution in [0.1, 0.15) is 66.5 Å². The molecule has 3 aromatic carbocycles. The predicted octanol–water partition coefficient (Wildman–Crippen LogP) is 6.22. The van der Waals surface area contributed by atoms with Gasteiger partial charge in [0.1, 0.15) is 11.5 Å². The molecule has 8 heteroatoms. The number of rotatable bonds is 11. The Hall–Kier alpha value is -4.27. The molecule has 0 radical (unpaired) electrons. The Morgan fingerprint density at radius 2 is 1.40 bits per heavy atom. The monoisotopic (exact) mass is 584 g/mol. The quantitative estimate of drug-likeness (QED) is 0.194. The normalized spacial score (nSPS) is 14.1. The second kappa shape index (κ2) is 12.9. The first kappa shape index (κ1) is 30.2. The minimum Gasteiger partial charge on any atom is -0.481 e. The molecule has 3 N–H and O–H groups in total. The Labute approximate surface area is 250 Å². The van der Waals surface area contributed by atoms with E-state index in [0.29, 0.717) is 25.2 Å². The lowest BCUT2D eigenvalue weighted by Gasteiger charge is -2.22. The van der Waals surface area contributed by atoms with E-state index in [-0.39, 0.29) is 30.6 Å². The number of hydrogen-bond donors (Lipinski definition) is 3. The highest BCUT2D eigenvalue weighted by molar-refractivity contribution is 6.05. The fourth-order valence-electron chi connectivity index (χ4n) is 6.12. The number of benzene rings is 3. The topological polar surface area (TPSA) is 103 Å². The Balaban J connectivity index is 1.66. The molecule has 1 aliphatic heterocycles. The maximum absolute atomic E-state index is 14.6. The maximum Gasteiger partial charge on any atom is 0.305 e. The van der Waals surface area contributed by atoms with E-state index in [1.807, 2.05) is 77.9 Å². The van der Waals surface area contributed by atoms with Crippen molar-refractivity contribution in [2.24, 2.45) is 0 Å². The fraction of sp³-hybridized carbons (Fsp3) is 0.314. The first-order valence-electron chi connectivity index (χ1n) is 14.7. The Morgan fingerprint density at radius 1 is 0.814 bits per heavy atom. The van der Waals surface area contributed by atoms with Crippen molar-refractivity contribution in [3.63, 3.8) is 0 Å². The number of aliphatic carboxylic acids is 1. The highest BCUT2D eigenvalue weighted by Crippen LogP contribution is 2.43. The van der Waals surface area contributed by atoms with Crippen molar-refractivity contribution >= 4 is 11.9 Å². The van der Waals surface area contributed by atoms with E-state index in [2.05, 4.69) is 0 Å². The summed E-state index contributed by atoms with van der Waals surface area (Å²) < 4.78 is 16.1. The van der Waals surface area contributed by atoms with Gasteiger partial charge in [-0.2, -0.15) is 0 Å². The van der Waals surface area contributed by atoms with Gasteiger partial charge in [-0.3, -0.25) is 9.59 Å². The molecule has 43 heavy (non-hydrogen) atoms. The van der Waals surface area contributed by atoms with Gasteiger partial charge in [0, 0.05) is 36.0 Å². The summed E-state index contributed by atoms with van der Waals surface area (Å²) in [5.41, 5.74) is 6.70. The summed E-state index contributed by atoms with van der Waals surface area (Å²) in [5, 5.41) is 29.9. The van der Waals surface area contributed by atoms with Crippen molar-refractivity contribution in [2.45, 2.75) is 70.9 Å². The lowest BCUT2D eigenvalue weighted by Crippen LogP contribution is -2.29. The summed E-state index contributed by atoms with van der Waals surface area (Å²) in [7, 11) is 0. The van der Waals surface area contributed by atoms with Gasteiger partial charge in [0.2, 0.25) is 0 Å². The largest absolute Gasteiger partial charge is 0.481 e. The molecular formula is C35H37FN2O5. The average molecular weight is 585 g/mol. The van der Waals surface area contributed by atoms with Gasteiger partial charge in [-0.15, -0.1) is 0 Å². The number of carbonyl (C=O) groups is 2. The number of aromatic nitrogens is 1. The van der Waals surface area contributed by atoms with Crippen LogP contribution < -0.4 is 0 Å². The van der Waals surface area contributed by atoms with Crippen LogP contribution in [0.3, 0.4) is 0 Å². The SMILES string of the molecule is CC(C)n1c(CCC(O)CC(O)CC(=O)O)c(-c2ccc(F)cc2)c(-c2ccccc2)c1C(=O)N1Cc2ccccc2C1. The highest BCUT2D eigenvalue weighted by atomic mass is 19.1. The molecule has 4 aromatic rings. The molecule has 0 spiro atoms. The summed E-state index contributed by atoms with van der Waals surface area (Å²) in [6, 6.07) is 23.8.